The number of nitrogens with one attached hydrogen (secondary N) is 1. The van der Waals surface area contributed by atoms with E-state index in [0.29, 0.717) is 31.2 Å². The Bertz CT molecular complexity index is 1210. The van der Waals surface area contributed by atoms with Crippen molar-refractivity contribution < 1.29 is 17.9 Å². The molecular weight excluding hydrogens is 476 g/mol. The molecule has 1 N–H and O–H groups in total. The second-order valence-electron chi connectivity index (χ2n) is 8.23. The second kappa shape index (κ2) is 10.7. The highest BCUT2D eigenvalue weighted by Crippen LogP contribution is 2.27. The molecule has 0 bridgehead atoms. The molecule has 0 unspecified atom stereocenters. The summed E-state index contributed by atoms with van der Waals surface area (Å²) >= 11 is 6.18. The first-order valence-electron chi connectivity index (χ1n) is 11.3. The number of unbranched alkanes of at least 4 members (excludes halogenated alkanes) is 1. The number of carbonyl (C=O) groups is 1. The molecule has 0 aliphatic carbocycles. The zero-order chi connectivity index (χ0) is 24.1. The number of aromatic nitrogens is 1. The normalized spacial score (nSPS) is 18.6. The first kappa shape index (κ1) is 24.4. The SMILES string of the molecule is CCCCNS(=O)(=O)c1ccc(-c2ccnc(O[C@@H]3CCN(C4=C(Cl)C(=O)CN=C4)C3)c2)cc1. The minimum absolute atomic E-state index is 0.0924. The lowest BCUT2D eigenvalue weighted by molar-refractivity contribution is -0.113. The predicted octanol–water partition coefficient (Wildman–Crippen LogP) is 3.38. The van der Waals surface area contributed by atoms with Gasteiger partial charge in [0.2, 0.25) is 15.9 Å². The van der Waals surface area contributed by atoms with E-state index in [1.807, 2.05) is 24.0 Å². The number of dihydropyridines is 1. The second-order valence-corrected chi connectivity index (χ2v) is 10.4. The minimum atomic E-state index is -3.51. The Kier molecular flexibility index (Phi) is 7.65. The summed E-state index contributed by atoms with van der Waals surface area (Å²) in [7, 11) is -3.51. The smallest absolute Gasteiger partial charge is 0.240 e. The Balaban J connectivity index is 1.41. The fraction of sp³-hybridized carbons (Fsp3) is 0.375. The number of sulfonamides is 1. The molecule has 0 radical (unpaired) electrons. The fourth-order valence-electron chi connectivity index (χ4n) is 3.87. The lowest BCUT2D eigenvalue weighted by Gasteiger charge is -2.22. The number of hydrogen-bond donors (Lipinski definition) is 1. The molecule has 2 aromatic rings. The van der Waals surface area contributed by atoms with Gasteiger partial charge in [-0.05, 0) is 35.7 Å². The number of ether oxygens (including phenoxy) is 1. The maximum Gasteiger partial charge on any atom is 0.240 e. The average Bonchev–Trinajstić information content (AvgIpc) is 3.29. The number of ketones is 1. The number of nitrogens with zero attached hydrogens (tertiary/aromatic N) is 3. The third kappa shape index (κ3) is 5.65. The molecule has 1 aromatic carbocycles. The zero-order valence-electron chi connectivity index (χ0n) is 18.9. The van der Waals surface area contributed by atoms with Gasteiger partial charge in [0.25, 0.3) is 0 Å². The molecular formula is C24H27ClN4O4S. The van der Waals surface area contributed by atoms with Crippen LogP contribution < -0.4 is 9.46 Å². The molecule has 1 saturated heterocycles. The maximum atomic E-state index is 12.4. The summed E-state index contributed by atoms with van der Waals surface area (Å²) in [6, 6.07) is 10.4. The van der Waals surface area contributed by atoms with E-state index in [-0.39, 0.29) is 28.4 Å². The van der Waals surface area contributed by atoms with Gasteiger partial charge in [-0.2, -0.15) is 0 Å². The summed E-state index contributed by atoms with van der Waals surface area (Å²) in [6.07, 6.45) is 5.69. The predicted molar refractivity (Wildman–Crippen MR) is 132 cm³/mol. The molecule has 2 aliphatic heterocycles. The van der Waals surface area contributed by atoms with Gasteiger partial charge in [0.1, 0.15) is 17.7 Å². The number of halogens is 1. The molecule has 180 valence electrons. The Labute approximate surface area is 204 Å². The number of aliphatic imine (C=N–C) groups is 1. The highest BCUT2D eigenvalue weighted by Gasteiger charge is 2.29. The highest BCUT2D eigenvalue weighted by molar-refractivity contribution is 7.89. The van der Waals surface area contributed by atoms with Gasteiger partial charge in [-0.25, -0.2) is 18.1 Å². The summed E-state index contributed by atoms with van der Waals surface area (Å²) < 4.78 is 33.5. The van der Waals surface area contributed by atoms with Crippen LogP contribution in [-0.2, 0) is 14.8 Å². The van der Waals surface area contributed by atoms with E-state index in [9.17, 15) is 13.2 Å². The van der Waals surface area contributed by atoms with Crippen molar-refractivity contribution in [2.75, 3.05) is 26.2 Å². The summed E-state index contributed by atoms with van der Waals surface area (Å²) in [6.45, 7) is 3.82. The van der Waals surface area contributed by atoms with E-state index in [2.05, 4.69) is 14.7 Å². The molecule has 8 nitrogen and oxygen atoms in total. The summed E-state index contributed by atoms with van der Waals surface area (Å²) in [5.74, 6) is 0.309. The van der Waals surface area contributed by atoms with Crippen molar-refractivity contribution in [1.29, 1.82) is 0 Å². The van der Waals surface area contributed by atoms with Gasteiger partial charge in [0, 0.05) is 38.0 Å². The van der Waals surface area contributed by atoms with Gasteiger partial charge < -0.3 is 9.64 Å². The lowest BCUT2D eigenvalue weighted by atomic mass is 10.1. The number of benzene rings is 1. The number of Topliss-reactive ketones (excluding diaryl/α,β-unsaturated/α-hetero) is 1. The van der Waals surface area contributed by atoms with E-state index in [1.165, 1.54) is 0 Å². The number of allylic oxidation sites excluding steroid dienone is 1. The van der Waals surface area contributed by atoms with Crippen LogP contribution in [-0.4, -0.2) is 62.6 Å². The number of likely N-dealkylation sites (tertiary alicyclic amines) is 1. The molecule has 4 rings (SSSR count). The van der Waals surface area contributed by atoms with Gasteiger partial charge in [0.05, 0.1) is 17.1 Å². The highest BCUT2D eigenvalue weighted by atomic mass is 35.5. The molecule has 0 amide bonds. The Morgan fingerprint density at radius 3 is 2.76 bits per heavy atom. The Morgan fingerprint density at radius 1 is 1.21 bits per heavy atom. The van der Waals surface area contributed by atoms with Crippen molar-refractivity contribution in [3.63, 3.8) is 0 Å². The molecule has 2 aliphatic rings. The van der Waals surface area contributed by atoms with Crippen LogP contribution in [0.2, 0.25) is 0 Å². The van der Waals surface area contributed by atoms with E-state index >= 15 is 0 Å². The minimum Gasteiger partial charge on any atom is -0.472 e. The molecule has 34 heavy (non-hydrogen) atoms. The first-order valence-corrected chi connectivity index (χ1v) is 13.1. The van der Waals surface area contributed by atoms with Crippen LogP contribution in [0.5, 0.6) is 5.88 Å². The number of rotatable bonds is 9. The van der Waals surface area contributed by atoms with E-state index in [1.54, 1.807) is 36.7 Å². The van der Waals surface area contributed by atoms with E-state index in [4.69, 9.17) is 16.3 Å². The molecule has 0 saturated carbocycles. The lowest BCUT2D eigenvalue weighted by Crippen LogP contribution is -2.28. The number of carbonyl (C=O) groups excluding carboxylic acids is 1. The van der Waals surface area contributed by atoms with Crippen LogP contribution in [0.4, 0.5) is 0 Å². The van der Waals surface area contributed by atoms with Crippen molar-refractivity contribution >= 4 is 33.6 Å². The van der Waals surface area contributed by atoms with Crippen LogP contribution in [0.15, 0.2) is 63.2 Å². The Morgan fingerprint density at radius 2 is 2.00 bits per heavy atom. The van der Waals surface area contributed by atoms with Crippen molar-refractivity contribution in [3.8, 4) is 17.0 Å². The molecule has 10 heteroatoms. The number of hydrogen-bond acceptors (Lipinski definition) is 7. The standard InChI is InChI=1S/C24H27ClN4O4S/c1-2-3-10-28-34(31,32)20-6-4-17(5-7-20)18-8-11-27-23(13-18)33-19-9-12-29(16-19)21-14-26-15-22(30)24(21)25/h4-8,11,13-14,19,28H,2-3,9-10,12,15-16H2,1H3/t19-/m1/s1. The van der Waals surface area contributed by atoms with E-state index < -0.39 is 10.0 Å². The topological polar surface area (TPSA) is 101 Å². The van der Waals surface area contributed by atoms with Crippen molar-refractivity contribution in [2.45, 2.75) is 37.2 Å². The van der Waals surface area contributed by atoms with Gasteiger partial charge in [-0.15, -0.1) is 0 Å². The molecule has 3 heterocycles. The van der Waals surface area contributed by atoms with Crippen molar-refractivity contribution in [2.24, 2.45) is 4.99 Å². The molecule has 0 spiro atoms. The Hall–Kier alpha value is -2.75. The third-order valence-corrected chi connectivity index (χ3v) is 7.63. The van der Waals surface area contributed by atoms with Crippen LogP contribution in [0.3, 0.4) is 0 Å². The largest absolute Gasteiger partial charge is 0.472 e. The zero-order valence-corrected chi connectivity index (χ0v) is 20.5. The van der Waals surface area contributed by atoms with Crippen molar-refractivity contribution in [3.05, 3.63) is 53.3 Å². The van der Waals surface area contributed by atoms with Gasteiger partial charge in [-0.3, -0.25) is 9.79 Å². The average molecular weight is 503 g/mol. The molecule has 1 atom stereocenters. The summed E-state index contributed by atoms with van der Waals surface area (Å²) in [5, 5.41) is 0.224. The molecule has 1 aromatic heterocycles. The van der Waals surface area contributed by atoms with Gasteiger partial charge in [-0.1, -0.05) is 37.1 Å². The van der Waals surface area contributed by atoms with Crippen LogP contribution in [0, 0.1) is 0 Å². The molecule has 1 fully saturated rings. The van der Waals surface area contributed by atoms with Gasteiger partial charge >= 0.3 is 0 Å². The summed E-state index contributed by atoms with van der Waals surface area (Å²) in [5.41, 5.74) is 2.38. The third-order valence-electron chi connectivity index (χ3n) is 5.75. The monoisotopic (exact) mass is 502 g/mol. The van der Waals surface area contributed by atoms with Crippen molar-refractivity contribution in [1.82, 2.24) is 14.6 Å². The van der Waals surface area contributed by atoms with Crippen LogP contribution >= 0.6 is 11.6 Å². The first-order chi connectivity index (χ1) is 16.4. The van der Waals surface area contributed by atoms with Crippen LogP contribution in [0.25, 0.3) is 11.1 Å². The van der Waals surface area contributed by atoms with Crippen LogP contribution in [0.1, 0.15) is 26.2 Å². The fourth-order valence-corrected chi connectivity index (χ4v) is 5.17. The van der Waals surface area contributed by atoms with Gasteiger partial charge in [0.15, 0.2) is 5.78 Å². The van der Waals surface area contributed by atoms with E-state index in [0.717, 1.165) is 30.4 Å². The maximum absolute atomic E-state index is 12.4. The summed E-state index contributed by atoms with van der Waals surface area (Å²) in [4.78, 5) is 22.5. The quantitative estimate of drug-likeness (QED) is 0.527. The number of pyridine rings is 1.